The van der Waals surface area contributed by atoms with Crippen LogP contribution in [0.1, 0.15) is 48.9 Å². The fourth-order valence-electron chi connectivity index (χ4n) is 5.73. The van der Waals surface area contributed by atoms with Crippen molar-refractivity contribution in [3.63, 3.8) is 0 Å². The molecule has 4 bridgehead atoms. The van der Waals surface area contributed by atoms with Gasteiger partial charge in [0.25, 0.3) is 5.91 Å². The SMILES string of the molecule is Cn1cc(C(=O)Nc2ccn(C34CC5CC(CC(C5)C3)C4)n2)cn1. The van der Waals surface area contributed by atoms with Gasteiger partial charge >= 0.3 is 0 Å². The Hall–Kier alpha value is -2.11. The van der Waals surface area contributed by atoms with Gasteiger partial charge in [0, 0.05) is 25.5 Å². The molecule has 0 radical (unpaired) electrons. The van der Waals surface area contributed by atoms with Crippen molar-refractivity contribution < 1.29 is 4.79 Å². The van der Waals surface area contributed by atoms with Gasteiger partial charge in [-0.05, 0) is 56.3 Å². The average molecular weight is 325 g/mol. The summed E-state index contributed by atoms with van der Waals surface area (Å²) in [5.41, 5.74) is 0.758. The molecule has 24 heavy (non-hydrogen) atoms. The van der Waals surface area contributed by atoms with Crippen molar-refractivity contribution in [3.05, 3.63) is 30.2 Å². The summed E-state index contributed by atoms with van der Waals surface area (Å²) in [6.45, 7) is 0. The average Bonchev–Trinajstić information content (AvgIpc) is 3.15. The lowest BCUT2D eigenvalue weighted by Crippen LogP contribution is -2.52. The van der Waals surface area contributed by atoms with E-state index in [0.717, 1.165) is 17.8 Å². The Morgan fingerprint density at radius 1 is 1.21 bits per heavy atom. The molecule has 126 valence electrons. The van der Waals surface area contributed by atoms with Gasteiger partial charge in [-0.3, -0.25) is 14.2 Å². The van der Waals surface area contributed by atoms with Crippen LogP contribution in [0, 0.1) is 17.8 Å². The summed E-state index contributed by atoms with van der Waals surface area (Å²) in [5.74, 6) is 3.13. The summed E-state index contributed by atoms with van der Waals surface area (Å²) in [5, 5.41) is 11.7. The van der Waals surface area contributed by atoms with Crippen LogP contribution in [0.5, 0.6) is 0 Å². The number of rotatable bonds is 3. The van der Waals surface area contributed by atoms with Crippen LogP contribution >= 0.6 is 0 Å². The summed E-state index contributed by atoms with van der Waals surface area (Å²) in [6.07, 6.45) is 13.4. The van der Waals surface area contributed by atoms with Crippen LogP contribution in [-0.4, -0.2) is 25.5 Å². The van der Waals surface area contributed by atoms with Crippen molar-refractivity contribution in [3.8, 4) is 0 Å². The molecule has 0 unspecified atom stereocenters. The normalized spacial score (nSPS) is 33.8. The minimum absolute atomic E-state index is 0.154. The molecule has 1 amide bonds. The van der Waals surface area contributed by atoms with E-state index < -0.39 is 0 Å². The first kappa shape index (κ1) is 14.3. The summed E-state index contributed by atoms with van der Waals surface area (Å²) in [7, 11) is 1.80. The van der Waals surface area contributed by atoms with E-state index >= 15 is 0 Å². The highest BCUT2D eigenvalue weighted by Gasteiger charge is 2.52. The van der Waals surface area contributed by atoms with Gasteiger partial charge in [-0.1, -0.05) is 0 Å². The smallest absolute Gasteiger partial charge is 0.260 e. The number of nitrogens with one attached hydrogen (secondary N) is 1. The van der Waals surface area contributed by atoms with Gasteiger partial charge in [0.1, 0.15) is 0 Å². The van der Waals surface area contributed by atoms with E-state index in [0.29, 0.717) is 11.4 Å². The van der Waals surface area contributed by atoms with E-state index in [1.54, 1.807) is 24.1 Å². The molecular formula is C18H23N5O. The molecule has 2 aromatic heterocycles. The predicted octanol–water partition coefficient (Wildman–Crippen LogP) is 2.79. The van der Waals surface area contributed by atoms with Crippen molar-refractivity contribution in [2.24, 2.45) is 24.8 Å². The molecule has 0 aromatic carbocycles. The summed E-state index contributed by atoms with van der Waals surface area (Å²) in [4.78, 5) is 12.3. The van der Waals surface area contributed by atoms with Crippen molar-refractivity contribution in [1.82, 2.24) is 19.6 Å². The Morgan fingerprint density at radius 3 is 2.46 bits per heavy atom. The van der Waals surface area contributed by atoms with Crippen LogP contribution < -0.4 is 5.32 Å². The lowest BCUT2D eigenvalue weighted by Gasteiger charge is -2.56. The molecular weight excluding hydrogens is 302 g/mol. The van der Waals surface area contributed by atoms with Gasteiger partial charge in [0.2, 0.25) is 0 Å². The quantitative estimate of drug-likeness (QED) is 0.944. The molecule has 4 aliphatic carbocycles. The molecule has 0 aliphatic heterocycles. The van der Waals surface area contributed by atoms with Crippen LogP contribution in [0.15, 0.2) is 24.7 Å². The minimum Gasteiger partial charge on any atom is -0.305 e. The number of amides is 1. The lowest BCUT2D eigenvalue weighted by atomic mass is 9.53. The zero-order valence-corrected chi connectivity index (χ0v) is 14.0. The number of carbonyl (C=O) groups is 1. The maximum absolute atomic E-state index is 12.3. The number of anilines is 1. The first-order valence-electron chi connectivity index (χ1n) is 8.96. The summed E-state index contributed by atoms with van der Waals surface area (Å²) < 4.78 is 3.79. The zero-order valence-electron chi connectivity index (χ0n) is 14.0. The molecule has 4 aliphatic rings. The van der Waals surface area contributed by atoms with Crippen LogP contribution in [0.3, 0.4) is 0 Å². The van der Waals surface area contributed by atoms with Gasteiger partial charge in [0.15, 0.2) is 5.82 Å². The molecule has 2 aromatic rings. The fourth-order valence-corrected chi connectivity index (χ4v) is 5.73. The zero-order chi connectivity index (χ0) is 16.3. The third-order valence-electron chi connectivity index (χ3n) is 6.29. The topological polar surface area (TPSA) is 64.7 Å². The second-order valence-corrected chi connectivity index (χ2v) is 8.14. The van der Waals surface area contributed by atoms with Crippen molar-refractivity contribution in [1.29, 1.82) is 0 Å². The second kappa shape index (κ2) is 4.94. The van der Waals surface area contributed by atoms with Gasteiger partial charge in [-0.2, -0.15) is 10.2 Å². The fraction of sp³-hybridized carbons (Fsp3) is 0.611. The minimum atomic E-state index is -0.154. The molecule has 0 atom stereocenters. The highest BCUT2D eigenvalue weighted by molar-refractivity contribution is 6.03. The Kier molecular flexibility index (Phi) is 2.94. The van der Waals surface area contributed by atoms with Gasteiger partial charge in [-0.15, -0.1) is 0 Å². The van der Waals surface area contributed by atoms with E-state index in [9.17, 15) is 4.79 Å². The third-order valence-corrected chi connectivity index (χ3v) is 6.29. The molecule has 2 heterocycles. The Morgan fingerprint density at radius 2 is 1.88 bits per heavy atom. The van der Waals surface area contributed by atoms with Crippen LogP contribution in [0.4, 0.5) is 5.82 Å². The van der Waals surface area contributed by atoms with Crippen LogP contribution in [0.2, 0.25) is 0 Å². The van der Waals surface area contributed by atoms with E-state index in [1.807, 2.05) is 6.07 Å². The largest absolute Gasteiger partial charge is 0.305 e. The first-order chi connectivity index (χ1) is 11.6. The molecule has 0 spiro atoms. The van der Waals surface area contributed by atoms with Crippen molar-refractivity contribution in [2.45, 2.75) is 44.1 Å². The van der Waals surface area contributed by atoms with Crippen molar-refractivity contribution >= 4 is 11.7 Å². The standard InChI is InChI=1S/C18H23N5O/c1-22-11-15(10-19-22)17(24)20-16-2-3-23(21-16)18-7-12-4-13(8-18)6-14(5-12)9-18/h2-3,10-14H,4-9H2,1H3,(H,20,21,24). The monoisotopic (exact) mass is 325 g/mol. The second-order valence-electron chi connectivity index (χ2n) is 8.14. The number of nitrogens with zero attached hydrogens (tertiary/aromatic N) is 4. The molecule has 6 rings (SSSR count). The maximum Gasteiger partial charge on any atom is 0.260 e. The van der Waals surface area contributed by atoms with Gasteiger partial charge < -0.3 is 5.32 Å². The summed E-state index contributed by atoms with van der Waals surface area (Å²) >= 11 is 0. The number of hydrogen-bond donors (Lipinski definition) is 1. The molecule has 6 nitrogen and oxygen atoms in total. The molecule has 6 heteroatoms. The van der Waals surface area contributed by atoms with E-state index in [-0.39, 0.29) is 11.4 Å². The van der Waals surface area contributed by atoms with E-state index in [4.69, 9.17) is 5.10 Å². The molecule has 0 saturated heterocycles. The number of aromatic nitrogens is 4. The predicted molar refractivity (Wildman–Crippen MR) is 89.5 cm³/mol. The molecule has 4 saturated carbocycles. The Bertz CT molecular complexity index is 754. The Balaban J connectivity index is 1.37. The highest BCUT2D eigenvalue weighted by atomic mass is 16.1. The maximum atomic E-state index is 12.3. The van der Waals surface area contributed by atoms with Gasteiger partial charge in [-0.25, -0.2) is 0 Å². The van der Waals surface area contributed by atoms with Gasteiger partial charge in [0.05, 0.1) is 17.3 Å². The van der Waals surface area contributed by atoms with Crippen LogP contribution in [0.25, 0.3) is 0 Å². The number of aryl methyl sites for hydroxylation is 1. The highest BCUT2D eigenvalue weighted by Crippen LogP contribution is 2.58. The lowest BCUT2D eigenvalue weighted by molar-refractivity contribution is -0.0492. The third kappa shape index (κ3) is 2.19. The van der Waals surface area contributed by atoms with E-state index in [2.05, 4.69) is 21.3 Å². The van der Waals surface area contributed by atoms with Crippen LogP contribution in [-0.2, 0) is 12.6 Å². The number of hydrogen-bond acceptors (Lipinski definition) is 3. The molecule has 4 fully saturated rings. The van der Waals surface area contributed by atoms with Crippen molar-refractivity contribution in [2.75, 3.05) is 5.32 Å². The first-order valence-corrected chi connectivity index (χ1v) is 8.96. The van der Waals surface area contributed by atoms with E-state index in [1.165, 1.54) is 38.5 Å². The number of carbonyl (C=O) groups excluding carboxylic acids is 1. The molecule has 1 N–H and O–H groups in total. The summed E-state index contributed by atoms with van der Waals surface area (Å²) in [6, 6.07) is 1.92. The Labute approximate surface area is 141 Å².